The topological polar surface area (TPSA) is 68.0 Å². The second kappa shape index (κ2) is 8.20. The third-order valence-corrected chi connectivity index (χ3v) is 3.56. The number of unbranched alkanes of at least 4 members (excludes halogenated alkanes) is 3. The molecule has 1 heterocycles. The summed E-state index contributed by atoms with van der Waals surface area (Å²) in [5.74, 6) is 0.0646. The summed E-state index contributed by atoms with van der Waals surface area (Å²) in [6.07, 6.45) is 7.52. The number of amides is 1. The molecular weight excluding hydrogens is 234 g/mol. The van der Waals surface area contributed by atoms with E-state index in [0.29, 0.717) is 11.6 Å². The summed E-state index contributed by atoms with van der Waals surface area (Å²) in [5, 5.41) is 3.55. The Morgan fingerprint density at radius 3 is 2.82 bits per heavy atom. The minimum absolute atomic E-state index is 0.0646. The Balaban J connectivity index is 2.16. The van der Waals surface area contributed by atoms with Crippen LogP contribution in [0.2, 0.25) is 0 Å². The van der Waals surface area contributed by atoms with E-state index < -0.39 is 0 Å². The number of anilines is 1. The first-order valence-corrected chi connectivity index (χ1v) is 7.02. The molecule has 0 aliphatic heterocycles. The summed E-state index contributed by atoms with van der Waals surface area (Å²) in [6.45, 7) is 2.82. The molecule has 0 aliphatic rings. The van der Waals surface area contributed by atoms with Crippen LogP contribution in [0.4, 0.5) is 5.13 Å². The highest BCUT2D eigenvalue weighted by Crippen LogP contribution is 2.18. The number of nitrogens with one attached hydrogen (secondary N) is 1. The van der Waals surface area contributed by atoms with Gasteiger partial charge in [-0.3, -0.25) is 4.79 Å². The van der Waals surface area contributed by atoms with E-state index in [4.69, 9.17) is 5.73 Å². The first kappa shape index (κ1) is 14.1. The quantitative estimate of drug-likeness (QED) is 0.701. The van der Waals surface area contributed by atoms with Crippen LogP contribution in [-0.4, -0.2) is 17.4 Å². The SMILES string of the molecule is CCc1cnc(NC(=O)CCCCCCN)s1. The van der Waals surface area contributed by atoms with Gasteiger partial charge in [-0.1, -0.05) is 19.8 Å². The summed E-state index contributed by atoms with van der Waals surface area (Å²) < 4.78 is 0. The van der Waals surface area contributed by atoms with Gasteiger partial charge in [0.25, 0.3) is 0 Å². The maximum Gasteiger partial charge on any atom is 0.226 e. The van der Waals surface area contributed by atoms with E-state index in [-0.39, 0.29) is 5.91 Å². The van der Waals surface area contributed by atoms with Gasteiger partial charge in [-0.2, -0.15) is 0 Å². The lowest BCUT2D eigenvalue weighted by Crippen LogP contribution is -2.10. The minimum Gasteiger partial charge on any atom is -0.330 e. The van der Waals surface area contributed by atoms with E-state index in [1.807, 2.05) is 6.20 Å². The Labute approximate surface area is 107 Å². The molecule has 0 saturated heterocycles. The molecule has 0 radical (unpaired) electrons. The Bertz CT molecular complexity index is 338. The Morgan fingerprint density at radius 2 is 2.18 bits per heavy atom. The van der Waals surface area contributed by atoms with Crippen molar-refractivity contribution in [2.45, 2.75) is 45.4 Å². The van der Waals surface area contributed by atoms with Crippen molar-refractivity contribution in [2.24, 2.45) is 5.73 Å². The van der Waals surface area contributed by atoms with Crippen molar-refractivity contribution in [1.82, 2.24) is 4.98 Å². The molecule has 0 aromatic carbocycles. The third kappa shape index (κ3) is 5.79. The lowest BCUT2D eigenvalue weighted by Gasteiger charge is -2.01. The molecule has 1 aromatic heterocycles. The predicted molar refractivity (Wildman–Crippen MR) is 72.3 cm³/mol. The van der Waals surface area contributed by atoms with Gasteiger partial charge in [0.1, 0.15) is 0 Å². The fourth-order valence-corrected chi connectivity index (χ4v) is 2.26. The highest BCUT2D eigenvalue weighted by Gasteiger charge is 2.05. The molecule has 0 spiro atoms. The maximum absolute atomic E-state index is 11.6. The number of hydrogen-bond donors (Lipinski definition) is 2. The van der Waals surface area contributed by atoms with E-state index in [1.165, 1.54) is 4.88 Å². The van der Waals surface area contributed by atoms with E-state index in [2.05, 4.69) is 17.2 Å². The highest BCUT2D eigenvalue weighted by atomic mass is 32.1. The van der Waals surface area contributed by atoms with Crippen LogP contribution in [0.15, 0.2) is 6.20 Å². The van der Waals surface area contributed by atoms with Crippen molar-refractivity contribution in [3.05, 3.63) is 11.1 Å². The van der Waals surface area contributed by atoms with Gasteiger partial charge < -0.3 is 11.1 Å². The Kier molecular flexibility index (Phi) is 6.81. The zero-order valence-electron chi connectivity index (χ0n) is 10.4. The van der Waals surface area contributed by atoms with E-state index in [9.17, 15) is 4.79 Å². The van der Waals surface area contributed by atoms with Crippen LogP contribution in [0.1, 0.15) is 43.9 Å². The number of nitrogens with two attached hydrogens (primary N) is 1. The standard InChI is InChI=1S/C12H21N3OS/c1-2-10-9-14-12(17-10)15-11(16)7-5-3-4-6-8-13/h9H,2-8,13H2,1H3,(H,14,15,16). The summed E-state index contributed by atoms with van der Waals surface area (Å²) in [7, 11) is 0. The van der Waals surface area contributed by atoms with Gasteiger partial charge in [-0.25, -0.2) is 4.98 Å². The van der Waals surface area contributed by atoms with Crippen molar-refractivity contribution < 1.29 is 4.79 Å². The molecule has 3 N–H and O–H groups in total. The molecule has 0 unspecified atom stereocenters. The molecule has 1 amide bonds. The smallest absolute Gasteiger partial charge is 0.226 e. The minimum atomic E-state index is 0.0646. The number of thiazole rings is 1. The number of hydrogen-bond acceptors (Lipinski definition) is 4. The lowest BCUT2D eigenvalue weighted by molar-refractivity contribution is -0.116. The Hall–Kier alpha value is -0.940. The van der Waals surface area contributed by atoms with Gasteiger partial charge in [-0.05, 0) is 25.8 Å². The van der Waals surface area contributed by atoms with Crippen LogP contribution in [0.25, 0.3) is 0 Å². The Morgan fingerprint density at radius 1 is 1.41 bits per heavy atom. The van der Waals surface area contributed by atoms with Crippen molar-refractivity contribution in [3.63, 3.8) is 0 Å². The molecule has 96 valence electrons. The van der Waals surface area contributed by atoms with Gasteiger partial charge in [0, 0.05) is 17.5 Å². The molecule has 0 saturated carbocycles. The first-order chi connectivity index (χ1) is 8.26. The van der Waals surface area contributed by atoms with Crippen LogP contribution < -0.4 is 11.1 Å². The van der Waals surface area contributed by atoms with Crippen molar-refractivity contribution >= 4 is 22.4 Å². The number of carbonyl (C=O) groups excluding carboxylic acids is 1. The second-order valence-corrected chi connectivity index (χ2v) is 5.10. The number of aryl methyl sites for hydroxylation is 1. The molecular formula is C12H21N3OS. The number of rotatable bonds is 8. The summed E-state index contributed by atoms with van der Waals surface area (Å²) in [4.78, 5) is 16.9. The monoisotopic (exact) mass is 255 g/mol. The van der Waals surface area contributed by atoms with E-state index in [0.717, 1.165) is 38.6 Å². The molecule has 0 bridgehead atoms. The molecule has 0 fully saturated rings. The summed E-state index contributed by atoms with van der Waals surface area (Å²) in [6, 6.07) is 0. The van der Waals surface area contributed by atoms with Crippen molar-refractivity contribution in [1.29, 1.82) is 0 Å². The van der Waals surface area contributed by atoms with Crippen LogP contribution >= 0.6 is 11.3 Å². The average molecular weight is 255 g/mol. The summed E-state index contributed by atoms with van der Waals surface area (Å²) in [5.41, 5.74) is 5.40. The average Bonchev–Trinajstić information content (AvgIpc) is 2.76. The fourth-order valence-electron chi connectivity index (χ4n) is 1.49. The maximum atomic E-state index is 11.6. The number of nitrogens with zero attached hydrogens (tertiary/aromatic N) is 1. The molecule has 17 heavy (non-hydrogen) atoms. The normalized spacial score (nSPS) is 10.5. The lowest BCUT2D eigenvalue weighted by atomic mass is 10.1. The number of carbonyl (C=O) groups is 1. The van der Waals surface area contributed by atoms with E-state index >= 15 is 0 Å². The van der Waals surface area contributed by atoms with Crippen molar-refractivity contribution in [3.8, 4) is 0 Å². The molecule has 5 heteroatoms. The van der Waals surface area contributed by atoms with Crippen LogP contribution in [0, 0.1) is 0 Å². The van der Waals surface area contributed by atoms with Crippen LogP contribution in [-0.2, 0) is 11.2 Å². The van der Waals surface area contributed by atoms with Crippen molar-refractivity contribution in [2.75, 3.05) is 11.9 Å². The number of aromatic nitrogens is 1. The van der Waals surface area contributed by atoms with Gasteiger partial charge in [-0.15, -0.1) is 11.3 Å². The van der Waals surface area contributed by atoms with Gasteiger partial charge >= 0.3 is 0 Å². The van der Waals surface area contributed by atoms with E-state index in [1.54, 1.807) is 11.3 Å². The van der Waals surface area contributed by atoms with Gasteiger partial charge in [0.2, 0.25) is 5.91 Å². The second-order valence-electron chi connectivity index (χ2n) is 3.99. The molecule has 0 aliphatic carbocycles. The zero-order chi connectivity index (χ0) is 12.5. The summed E-state index contributed by atoms with van der Waals surface area (Å²) >= 11 is 1.55. The first-order valence-electron chi connectivity index (χ1n) is 6.21. The highest BCUT2D eigenvalue weighted by molar-refractivity contribution is 7.15. The third-order valence-electron chi connectivity index (χ3n) is 2.51. The molecule has 0 atom stereocenters. The predicted octanol–water partition coefficient (Wildman–Crippen LogP) is 2.55. The zero-order valence-corrected chi connectivity index (χ0v) is 11.2. The molecule has 1 rings (SSSR count). The van der Waals surface area contributed by atoms with Crippen LogP contribution in [0.3, 0.4) is 0 Å². The fraction of sp³-hybridized carbons (Fsp3) is 0.667. The van der Waals surface area contributed by atoms with Gasteiger partial charge in [0.15, 0.2) is 5.13 Å². The molecule has 4 nitrogen and oxygen atoms in total. The largest absolute Gasteiger partial charge is 0.330 e. The van der Waals surface area contributed by atoms with Gasteiger partial charge in [0.05, 0.1) is 0 Å². The molecule has 1 aromatic rings. The van der Waals surface area contributed by atoms with Crippen LogP contribution in [0.5, 0.6) is 0 Å².